The minimum atomic E-state index is 0.564. The number of nitrogens with zero attached hydrogens (tertiary/aromatic N) is 1. The molecule has 1 aromatic carbocycles. The van der Waals surface area contributed by atoms with E-state index in [4.69, 9.17) is 15.7 Å². The van der Waals surface area contributed by atoms with Crippen LogP contribution in [0.1, 0.15) is 10.4 Å². The molecule has 0 amide bonds. The smallest absolute Gasteiger partial charge is 0.133 e. The second-order valence-corrected chi connectivity index (χ2v) is 5.64. The molecule has 0 saturated heterocycles. The molecular formula is C13H11BrN2OS. The average Bonchev–Trinajstić information content (AvgIpc) is 2.66. The van der Waals surface area contributed by atoms with Gasteiger partial charge in [-0.2, -0.15) is 5.26 Å². The zero-order chi connectivity index (χ0) is 13.3. The first-order valence-electron chi connectivity index (χ1n) is 5.21. The molecule has 92 valence electrons. The van der Waals surface area contributed by atoms with Crippen LogP contribution in [0.4, 0.5) is 5.69 Å². The summed E-state index contributed by atoms with van der Waals surface area (Å²) in [6.45, 7) is 1.93. The summed E-state index contributed by atoms with van der Waals surface area (Å²) >= 11 is 4.87. The minimum absolute atomic E-state index is 0.564. The molecular weight excluding hydrogens is 312 g/mol. The highest BCUT2D eigenvalue weighted by Crippen LogP contribution is 2.39. The van der Waals surface area contributed by atoms with Gasteiger partial charge in [0.05, 0.1) is 17.3 Å². The topological polar surface area (TPSA) is 59.0 Å². The molecule has 0 bridgehead atoms. The van der Waals surface area contributed by atoms with E-state index in [1.54, 1.807) is 7.11 Å². The van der Waals surface area contributed by atoms with Gasteiger partial charge in [-0.15, -0.1) is 11.3 Å². The Kier molecular flexibility index (Phi) is 3.60. The summed E-state index contributed by atoms with van der Waals surface area (Å²) in [6, 6.07) is 7.94. The number of hydrogen-bond donors (Lipinski definition) is 1. The zero-order valence-electron chi connectivity index (χ0n) is 9.95. The lowest BCUT2D eigenvalue weighted by Crippen LogP contribution is -1.88. The number of nitrogens with two attached hydrogens (primary N) is 1. The van der Waals surface area contributed by atoms with Crippen molar-refractivity contribution in [2.75, 3.05) is 12.8 Å². The maximum Gasteiger partial charge on any atom is 0.133 e. The predicted molar refractivity (Wildman–Crippen MR) is 77.9 cm³/mol. The molecule has 2 N–H and O–H groups in total. The molecule has 0 aliphatic heterocycles. The summed E-state index contributed by atoms with van der Waals surface area (Å²) in [4.78, 5) is 1.59. The summed E-state index contributed by atoms with van der Waals surface area (Å²) in [5.74, 6) is 0.779. The van der Waals surface area contributed by atoms with Gasteiger partial charge in [-0.05, 0) is 52.2 Å². The van der Waals surface area contributed by atoms with Crippen molar-refractivity contribution in [3.63, 3.8) is 0 Å². The van der Waals surface area contributed by atoms with Crippen molar-refractivity contribution in [3.8, 4) is 22.3 Å². The maximum absolute atomic E-state index is 8.99. The third-order valence-corrected chi connectivity index (χ3v) is 4.59. The number of halogens is 1. The lowest BCUT2D eigenvalue weighted by atomic mass is 10.1. The average molecular weight is 323 g/mol. The van der Waals surface area contributed by atoms with Gasteiger partial charge in [0.15, 0.2) is 0 Å². The van der Waals surface area contributed by atoms with Gasteiger partial charge >= 0.3 is 0 Å². The van der Waals surface area contributed by atoms with Gasteiger partial charge in [-0.1, -0.05) is 0 Å². The van der Waals surface area contributed by atoms with Crippen molar-refractivity contribution in [1.82, 2.24) is 0 Å². The van der Waals surface area contributed by atoms with Crippen LogP contribution in [0.25, 0.3) is 10.4 Å². The highest BCUT2D eigenvalue weighted by molar-refractivity contribution is 9.10. The summed E-state index contributed by atoms with van der Waals surface area (Å²) in [6.07, 6.45) is 0. The second-order valence-electron chi connectivity index (χ2n) is 3.76. The van der Waals surface area contributed by atoms with Gasteiger partial charge in [0.2, 0.25) is 0 Å². The Labute approximate surface area is 118 Å². The summed E-state index contributed by atoms with van der Waals surface area (Å²) < 4.78 is 6.08. The van der Waals surface area contributed by atoms with Crippen LogP contribution in [0, 0.1) is 18.3 Å². The first-order valence-corrected chi connectivity index (χ1v) is 6.82. The molecule has 1 heterocycles. The van der Waals surface area contributed by atoms with Crippen molar-refractivity contribution >= 4 is 33.0 Å². The largest absolute Gasteiger partial charge is 0.496 e. The molecule has 5 heteroatoms. The Morgan fingerprint density at radius 2 is 2.17 bits per heavy atom. The number of hydrogen-bond acceptors (Lipinski definition) is 4. The summed E-state index contributed by atoms with van der Waals surface area (Å²) in [5, 5.41) is 8.99. The Morgan fingerprint density at radius 3 is 2.67 bits per heavy atom. The molecule has 0 spiro atoms. The highest BCUT2D eigenvalue weighted by Gasteiger charge is 2.14. The van der Waals surface area contributed by atoms with Crippen LogP contribution in [0.2, 0.25) is 0 Å². The molecule has 1 aromatic heterocycles. The van der Waals surface area contributed by atoms with Crippen molar-refractivity contribution in [2.45, 2.75) is 6.92 Å². The van der Waals surface area contributed by atoms with Gasteiger partial charge in [0.1, 0.15) is 16.7 Å². The number of methoxy groups -OCH3 is 1. The minimum Gasteiger partial charge on any atom is -0.496 e. The number of anilines is 1. The van der Waals surface area contributed by atoms with E-state index in [9.17, 15) is 0 Å². The molecule has 3 nitrogen and oxygen atoms in total. The Bertz CT molecular complexity index is 643. The first kappa shape index (κ1) is 12.9. The van der Waals surface area contributed by atoms with Gasteiger partial charge < -0.3 is 10.5 Å². The molecule has 0 saturated carbocycles. The summed E-state index contributed by atoms with van der Waals surface area (Å²) in [7, 11) is 1.63. The predicted octanol–water partition coefficient (Wildman–Crippen LogP) is 3.95. The summed E-state index contributed by atoms with van der Waals surface area (Å²) in [5.41, 5.74) is 8.45. The third kappa shape index (κ3) is 2.09. The SMILES string of the molecule is COc1ccc(-c2sc(C#N)c(N)c2C)cc1Br. The Hall–Kier alpha value is -1.51. The standard InChI is InChI=1S/C13H11BrN2OS/c1-7-12(16)11(6-15)18-13(7)8-3-4-10(17-2)9(14)5-8/h3-5H,16H2,1-2H3. The molecule has 0 unspecified atom stereocenters. The van der Waals surface area contributed by atoms with Crippen molar-refractivity contribution in [2.24, 2.45) is 0 Å². The molecule has 0 atom stereocenters. The van der Waals surface area contributed by atoms with E-state index in [-0.39, 0.29) is 0 Å². The maximum atomic E-state index is 8.99. The fourth-order valence-electron chi connectivity index (χ4n) is 1.69. The van der Waals surface area contributed by atoms with Gasteiger partial charge in [-0.3, -0.25) is 0 Å². The van der Waals surface area contributed by atoms with E-state index < -0.39 is 0 Å². The van der Waals surface area contributed by atoms with E-state index in [0.717, 1.165) is 26.2 Å². The molecule has 2 rings (SSSR count). The zero-order valence-corrected chi connectivity index (χ0v) is 12.4. The fraction of sp³-hybridized carbons (Fsp3) is 0.154. The molecule has 0 radical (unpaired) electrons. The van der Waals surface area contributed by atoms with E-state index >= 15 is 0 Å². The number of benzene rings is 1. The van der Waals surface area contributed by atoms with E-state index in [1.807, 2.05) is 25.1 Å². The van der Waals surface area contributed by atoms with Crippen molar-refractivity contribution in [1.29, 1.82) is 5.26 Å². The second kappa shape index (κ2) is 5.01. The number of nitrogen functional groups attached to an aromatic ring is 1. The monoisotopic (exact) mass is 322 g/mol. The van der Waals surface area contributed by atoms with Crippen LogP contribution in [-0.4, -0.2) is 7.11 Å². The number of thiophene rings is 1. The first-order chi connectivity index (χ1) is 8.58. The molecule has 2 aromatic rings. The van der Waals surface area contributed by atoms with Crippen LogP contribution < -0.4 is 10.5 Å². The van der Waals surface area contributed by atoms with Gasteiger partial charge in [0.25, 0.3) is 0 Å². The Morgan fingerprint density at radius 1 is 1.44 bits per heavy atom. The van der Waals surface area contributed by atoms with E-state index in [1.165, 1.54) is 11.3 Å². The van der Waals surface area contributed by atoms with E-state index in [0.29, 0.717) is 10.6 Å². The number of ether oxygens (including phenoxy) is 1. The quantitative estimate of drug-likeness (QED) is 0.910. The van der Waals surface area contributed by atoms with Crippen LogP contribution in [0.5, 0.6) is 5.75 Å². The molecule has 0 fully saturated rings. The van der Waals surface area contributed by atoms with Crippen LogP contribution in [-0.2, 0) is 0 Å². The van der Waals surface area contributed by atoms with Crippen LogP contribution >= 0.6 is 27.3 Å². The Balaban J connectivity index is 2.56. The fourth-order valence-corrected chi connectivity index (χ4v) is 3.25. The molecule has 0 aliphatic carbocycles. The lowest BCUT2D eigenvalue weighted by molar-refractivity contribution is 0.412. The number of nitriles is 1. The highest BCUT2D eigenvalue weighted by atomic mass is 79.9. The third-order valence-electron chi connectivity index (χ3n) is 2.71. The van der Waals surface area contributed by atoms with Gasteiger partial charge in [-0.25, -0.2) is 0 Å². The van der Waals surface area contributed by atoms with Crippen molar-refractivity contribution < 1.29 is 4.74 Å². The number of rotatable bonds is 2. The lowest BCUT2D eigenvalue weighted by Gasteiger charge is -2.05. The van der Waals surface area contributed by atoms with Gasteiger partial charge in [0, 0.05) is 4.88 Å². The molecule has 18 heavy (non-hydrogen) atoms. The molecule has 0 aliphatic rings. The van der Waals surface area contributed by atoms with E-state index in [2.05, 4.69) is 22.0 Å². The van der Waals surface area contributed by atoms with Crippen LogP contribution in [0.3, 0.4) is 0 Å². The normalized spacial score (nSPS) is 10.1. The van der Waals surface area contributed by atoms with Crippen LogP contribution in [0.15, 0.2) is 22.7 Å². The van der Waals surface area contributed by atoms with Crippen molar-refractivity contribution in [3.05, 3.63) is 33.1 Å².